The van der Waals surface area contributed by atoms with Crippen molar-refractivity contribution < 1.29 is 4.42 Å². The van der Waals surface area contributed by atoms with E-state index in [-0.39, 0.29) is 16.2 Å². The van der Waals surface area contributed by atoms with Crippen molar-refractivity contribution in [1.29, 1.82) is 0 Å². The number of hydrogen-bond acceptors (Lipinski definition) is 3. The summed E-state index contributed by atoms with van der Waals surface area (Å²) in [5.74, 6) is 0.430. The van der Waals surface area contributed by atoms with E-state index in [4.69, 9.17) is 4.42 Å². The molecule has 0 saturated carbocycles. The van der Waals surface area contributed by atoms with Gasteiger partial charge in [-0.1, -0.05) is 217 Å². The maximum absolute atomic E-state index is 6.52. The van der Waals surface area contributed by atoms with Crippen LogP contribution in [0, 0.1) is 11.3 Å². The first-order valence-electron chi connectivity index (χ1n) is 32.1. The van der Waals surface area contributed by atoms with Crippen molar-refractivity contribution in [1.82, 2.24) is 4.57 Å². The molecule has 0 bridgehead atoms. The fourth-order valence-corrected chi connectivity index (χ4v) is 16.5. The quantitative estimate of drug-likeness (QED) is 0.152. The zero-order chi connectivity index (χ0) is 60.4. The number of aromatic nitrogens is 1. The van der Waals surface area contributed by atoms with Gasteiger partial charge in [0.05, 0.1) is 16.7 Å². The van der Waals surface area contributed by atoms with Crippen molar-refractivity contribution in [2.45, 2.75) is 65.2 Å². The molecule has 2 unspecified atom stereocenters. The standard InChI is InChI=1S/C86H67N3O/c1-53-33-46-70-77(48-53)89(80-32-16-17-47-86(70,80)6)78-50-61(88-75-29-13-10-22-64(75)65-23-11-14-30-76(65)88)49-74-82(78)69-52-72-68(51-73(69)85(74,4)5)81-62(25-19-28-71(81)84(72,2)3)56-36-42-59(43-37-56)87(58-40-34-55(35-41-58)54-20-8-7-9-21-54)60-44-38-57(39-45-60)63-26-18-27-67-66-24-12-15-31-79(66)90-83(63)67/h7-32,34-46,48-53H,33,47H2,1-6H3. The highest BCUT2D eigenvalue weighted by Crippen LogP contribution is 2.64. The molecule has 18 rings (SSSR count). The molecule has 0 amide bonds. The van der Waals surface area contributed by atoms with Crippen LogP contribution in [-0.2, 0) is 10.8 Å². The van der Waals surface area contributed by atoms with Crippen molar-refractivity contribution in [3.8, 4) is 61.3 Å². The summed E-state index contributed by atoms with van der Waals surface area (Å²) in [6.07, 6.45) is 14.2. The average Bonchev–Trinajstić information content (AvgIpc) is 1.53. The van der Waals surface area contributed by atoms with Gasteiger partial charge in [0.2, 0.25) is 0 Å². The average molecular weight is 1160 g/mol. The van der Waals surface area contributed by atoms with Crippen LogP contribution in [0.3, 0.4) is 0 Å². The second-order valence-electron chi connectivity index (χ2n) is 27.0. The summed E-state index contributed by atoms with van der Waals surface area (Å²) in [7, 11) is 0. The van der Waals surface area contributed by atoms with Gasteiger partial charge in [-0.05, 0) is 183 Å². The van der Waals surface area contributed by atoms with Crippen molar-refractivity contribution in [2.24, 2.45) is 11.3 Å². The van der Waals surface area contributed by atoms with Crippen LogP contribution in [0.4, 0.5) is 22.7 Å². The van der Waals surface area contributed by atoms with Gasteiger partial charge in [-0.15, -0.1) is 0 Å². The molecule has 1 aliphatic heterocycles. The second kappa shape index (κ2) is 19.3. The molecule has 1 saturated heterocycles. The van der Waals surface area contributed by atoms with Gasteiger partial charge in [0.15, 0.2) is 0 Å². The molecule has 0 spiro atoms. The van der Waals surface area contributed by atoms with E-state index in [0.717, 1.165) is 63.0 Å². The molecular weight excluding hydrogens is 1090 g/mol. The normalized spacial score (nSPS) is 18.0. The second-order valence-corrected chi connectivity index (χ2v) is 27.0. The number of anilines is 4. The summed E-state index contributed by atoms with van der Waals surface area (Å²) < 4.78 is 9.06. The zero-order valence-electron chi connectivity index (χ0n) is 51.6. The van der Waals surface area contributed by atoms with Gasteiger partial charge in [-0.25, -0.2) is 0 Å². The first kappa shape index (κ1) is 52.7. The predicted molar refractivity (Wildman–Crippen MR) is 377 cm³/mol. The molecule has 90 heavy (non-hydrogen) atoms. The molecule has 432 valence electrons. The van der Waals surface area contributed by atoms with Crippen LogP contribution in [0.15, 0.2) is 288 Å². The van der Waals surface area contributed by atoms with Crippen molar-refractivity contribution in [3.63, 3.8) is 0 Å². The van der Waals surface area contributed by atoms with Crippen molar-refractivity contribution in [2.75, 3.05) is 9.80 Å². The predicted octanol–water partition coefficient (Wildman–Crippen LogP) is 23.3. The smallest absolute Gasteiger partial charge is 0.143 e. The molecular formula is C86H67N3O. The Morgan fingerprint density at radius 3 is 1.71 bits per heavy atom. The minimum atomic E-state index is -0.342. The lowest BCUT2D eigenvalue weighted by molar-refractivity contribution is 0.506. The molecule has 4 nitrogen and oxygen atoms in total. The first-order chi connectivity index (χ1) is 43.9. The third-order valence-electron chi connectivity index (χ3n) is 21.1. The largest absolute Gasteiger partial charge is 0.455 e. The van der Waals surface area contributed by atoms with E-state index < -0.39 is 0 Å². The number of nitrogens with zero attached hydrogens (tertiary/aromatic N) is 3. The molecule has 1 fully saturated rings. The first-order valence-corrected chi connectivity index (χ1v) is 32.1. The minimum Gasteiger partial charge on any atom is -0.455 e. The minimum absolute atomic E-state index is 0.130. The molecule has 2 atom stereocenters. The highest BCUT2D eigenvalue weighted by molar-refractivity contribution is 6.11. The number of hydrogen-bond donors (Lipinski definition) is 0. The maximum atomic E-state index is 6.52. The summed E-state index contributed by atoms with van der Waals surface area (Å²) in [6.45, 7) is 14.7. The van der Waals surface area contributed by atoms with Gasteiger partial charge in [-0.3, -0.25) is 0 Å². The Bertz CT molecular complexity index is 5260. The molecule has 4 aliphatic carbocycles. The van der Waals surface area contributed by atoms with Crippen LogP contribution in [0.1, 0.15) is 76.6 Å². The summed E-state index contributed by atoms with van der Waals surface area (Å²) in [5, 5.41) is 4.81. The van der Waals surface area contributed by atoms with Crippen molar-refractivity contribution >= 4 is 66.5 Å². The van der Waals surface area contributed by atoms with Crippen LogP contribution in [0.2, 0.25) is 0 Å². The van der Waals surface area contributed by atoms with E-state index in [1.54, 1.807) is 0 Å². The van der Waals surface area contributed by atoms with E-state index in [1.165, 1.54) is 117 Å². The Labute approximate surface area is 526 Å². The summed E-state index contributed by atoms with van der Waals surface area (Å²) >= 11 is 0. The zero-order valence-corrected chi connectivity index (χ0v) is 51.6. The van der Waals surface area contributed by atoms with E-state index >= 15 is 0 Å². The van der Waals surface area contributed by atoms with Gasteiger partial charge >= 0.3 is 0 Å². The van der Waals surface area contributed by atoms with E-state index in [1.807, 2.05) is 6.07 Å². The maximum Gasteiger partial charge on any atom is 0.143 e. The molecule has 3 heterocycles. The lowest BCUT2D eigenvalue weighted by Gasteiger charge is -2.32. The number of fused-ring (bicyclic) bond motifs is 15. The molecule has 11 aromatic carbocycles. The summed E-state index contributed by atoms with van der Waals surface area (Å²) in [6, 6.07) is 88.0. The number of furan rings is 1. The highest BCUT2D eigenvalue weighted by atomic mass is 16.3. The van der Waals surface area contributed by atoms with E-state index in [2.05, 4.69) is 317 Å². The van der Waals surface area contributed by atoms with E-state index in [9.17, 15) is 0 Å². The van der Waals surface area contributed by atoms with Crippen LogP contribution in [0.25, 0.3) is 105 Å². The third kappa shape index (κ3) is 7.54. The van der Waals surface area contributed by atoms with Gasteiger partial charge in [0, 0.05) is 83.1 Å². The SMILES string of the molecule is CC1C=C2C(=CC1)C1(C)CC=CC=C1N2c1cc(-n2c3ccccc3c3ccccc32)cc2c1-c1cc3c(cc1C2(C)C)-c1c(-c2ccc(N(c4ccc(-c5ccccc5)cc4)c4ccc(-c5cccc6c5oc5ccccc56)cc4)cc2)cccc1C3(C)C. The monoisotopic (exact) mass is 1160 g/mol. The molecule has 0 radical (unpaired) electrons. The Hall–Kier alpha value is -10.4. The third-order valence-corrected chi connectivity index (χ3v) is 21.1. The summed E-state index contributed by atoms with van der Waals surface area (Å²) in [4.78, 5) is 5.08. The van der Waals surface area contributed by atoms with Crippen LogP contribution in [-0.4, -0.2) is 4.57 Å². The topological polar surface area (TPSA) is 24.6 Å². The molecule has 5 aliphatic rings. The van der Waals surface area contributed by atoms with Gasteiger partial charge in [0.25, 0.3) is 0 Å². The highest BCUT2D eigenvalue weighted by Gasteiger charge is 2.50. The Balaban J connectivity index is 0.772. The van der Waals surface area contributed by atoms with Gasteiger partial charge in [-0.2, -0.15) is 0 Å². The molecule has 13 aromatic rings. The van der Waals surface area contributed by atoms with Gasteiger partial charge < -0.3 is 18.8 Å². The Morgan fingerprint density at radius 1 is 0.467 bits per heavy atom. The lowest BCUT2D eigenvalue weighted by atomic mass is 9.74. The van der Waals surface area contributed by atoms with Crippen molar-refractivity contribution in [3.05, 3.63) is 306 Å². The Kier molecular flexibility index (Phi) is 11.3. The fourth-order valence-electron chi connectivity index (χ4n) is 16.5. The number of allylic oxidation sites excluding steroid dienone is 7. The Morgan fingerprint density at radius 2 is 1.02 bits per heavy atom. The van der Waals surface area contributed by atoms with Gasteiger partial charge in [0.1, 0.15) is 11.2 Å². The van der Waals surface area contributed by atoms with Crippen LogP contribution < -0.4 is 9.80 Å². The number of para-hydroxylation sites is 4. The number of rotatable bonds is 8. The van der Waals surface area contributed by atoms with Crippen LogP contribution in [0.5, 0.6) is 0 Å². The molecule has 4 heteroatoms. The lowest BCUT2D eigenvalue weighted by Crippen LogP contribution is -2.24. The van der Waals surface area contributed by atoms with Crippen LogP contribution >= 0.6 is 0 Å². The molecule has 2 aromatic heterocycles. The fraction of sp³-hybridized carbons (Fsp3) is 0.140. The number of benzene rings is 11. The van der Waals surface area contributed by atoms with E-state index in [0.29, 0.717) is 5.92 Å². The molecule has 0 N–H and O–H groups in total. The summed E-state index contributed by atoms with van der Waals surface area (Å²) in [5.41, 5.74) is 31.3.